The summed E-state index contributed by atoms with van der Waals surface area (Å²) in [4.78, 5) is 34.1. The van der Waals surface area contributed by atoms with Crippen molar-refractivity contribution in [2.45, 2.75) is 26.4 Å². The zero-order valence-corrected chi connectivity index (χ0v) is 16.5. The Hall–Kier alpha value is -2.73. The number of nitrogens with one attached hydrogen (secondary N) is 1. The summed E-state index contributed by atoms with van der Waals surface area (Å²) in [6.07, 6.45) is 1.80. The number of aromatic nitrogens is 1. The van der Waals surface area contributed by atoms with Crippen molar-refractivity contribution in [3.8, 4) is 0 Å². The molecule has 1 aromatic heterocycles. The molecule has 28 heavy (non-hydrogen) atoms. The van der Waals surface area contributed by atoms with Gasteiger partial charge in [0, 0.05) is 44.5 Å². The van der Waals surface area contributed by atoms with E-state index in [0.29, 0.717) is 18.7 Å². The van der Waals surface area contributed by atoms with Crippen molar-refractivity contribution in [1.82, 2.24) is 20.1 Å². The van der Waals surface area contributed by atoms with Crippen molar-refractivity contribution in [3.63, 3.8) is 0 Å². The maximum Gasteiger partial charge on any atom is 0.251 e. The topological polar surface area (TPSA) is 65.5 Å². The summed E-state index contributed by atoms with van der Waals surface area (Å²) in [5.74, 6) is -0.190. The van der Waals surface area contributed by atoms with Gasteiger partial charge in [0.1, 0.15) is 6.04 Å². The van der Waals surface area contributed by atoms with E-state index in [4.69, 9.17) is 0 Å². The zero-order valence-electron chi connectivity index (χ0n) is 16.5. The number of pyridine rings is 1. The Balaban J connectivity index is 1.56. The van der Waals surface area contributed by atoms with E-state index >= 15 is 0 Å². The van der Waals surface area contributed by atoms with E-state index in [2.05, 4.69) is 15.2 Å². The molecule has 6 heteroatoms. The molecule has 2 heterocycles. The van der Waals surface area contributed by atoms with Gasteiger partial charge in [-0.05, 0) is 30.2 Å². The van der Waals surface area contributed by atoms with Crippen molar-refractivity contribution in [2.75, 3.05) is 26.2 Å². The van der Waals surface area contributed by atoms with Gasteiger partial charge < -0.3 is 10.2 Å². The van der Waals surface area contributed by atoms with Crippen molar-refractivity contribution >= 4 is 11.8 Å². The Kier molecular flexibility index (Phi) is 6.76. The number of nitrogens with zero attached hydrogens (tertiary/aromatic N) is 3. The summed E-state index contributed by atoms with van der Waals surface area (Å²) in [6.45, 7) is 7.66. The van der Waals surface area contributed by atoms with Crippen LogP contribution in [0.5, 0.6) is 0 Å². The van der Waals surface area contributed by atoms with Crippen LogP contribution in [0, 0.1) is 5.92 Å². The van der Waals surface area contributed by atoms with Crippen molar-refractivity contribution in [2.24, 2.45) is 5.92 Å². The molecule has 0 aliphatic carbocycles. The fraction of sp³-hybridized carbons (Fsp3) is 0.409. The molecule has 0 saturated carbocycles. The second kappa shape index (κ2) is 9.46. The molecule has 1 aliphatic rings. The molecule has 2 aromatic rings. The van der Waals surface area contributed by atoms with E-state index in [1.165, 1.54) is 0 Å². The number of rotatable bonds is 6. The smallest absolute Gasteiger partial charge is 0.251 e. The van der Waals surface area contributed by atoms with Crippen molar-refractivity contribution in [3.05, 3.63) is 66.0 Å². The third-order valence-electron chi connectivity index (χ3n) is 5.05. The lowest BCUT2D eigenvalue weighted by molar-refractivity contribution is -0.136. The van der Waals surface area contributed by atoms with Gasteiger partial charge in [-0.15, -0.1) is 0 Å². The highest BCUT2D eigenvalue weighted by molar-refractivity contribution is 5.97. The Morgan fingerprint density at radius 1 is 1.00 bits per heavy atom. The lowest BCUT2D eigenvalue weighted by Gasteiger charge is -2.37. The van der Waals surface area contributed by atoms with Crippen LogP contribution in [0.4, 0.5) is 0 Å². The van der Waals surface area contributed by atoms with E-state index in [9.17, 15) is 9.59 Å². The molecular formula is C22H28N4O2. The molecule has 6 nitrogen and oxygen atoms in total. The summed E-state index contributed by atoms with van der Waals surface area (Å²) in [6, 6.07) is 14.4. The molecule has 1 N–H and O–H groups in total. The van der Waals surface area contributed by atoms with Crippen LogP contribution >= 0.6 is 0 Å². The van der Waals surface area contributed by atoms with E-state index in [-0.39, 0.29) is 17.7 Å². The average Bonchev–Trinajstić information content (AvgIpc) is 2.73. The minimum atomic E-state index is -0.518. The molecule has 1 atom stereocenters. The monoisotopic (exact) mass is 380 g/mol. The van der Waals surface area contributed by atoms with E-state index < -0.39 is 6.04 Å². The van der Waals surface area contributed by atoms with Gasteiger partial charge in [0.2, 0.25) is 5.91 Å². The number of benzene rings is 1. The van der Waals surface area contributed by atoms with Gasteiger partial charge in [-0.3, -0.25) is 19.5 Å². The summed E-state index contributed by atoms with van der Waals surface area (Å²) < 4.78 is 0. The maximum atomic E-state index is 13.1. The van der Waals surface area contributed by atoms with Gasteiger partial charge in [-0.25, -0.2) is 0 Å². The van der Waals surface area contributed by atoms with E-state index in [0.717, 1.165) is 25.3 Å². The van der Waals surface area contributed by atoms with Crippen LogP contribution in [0.25, 0.3) is 0 Å². The molecule has 2 amide bonds. The SMILES string of the molecule is CC(C)[C@H](NC(=O)c1ccccc1)C(=O)N1CCN(Cc2ccccn2)CC1. The van der Waals surface area contributed by atoms with Crippen molar-refractivity contribution in [1.29, 1.82) is 0 Å². The number of hydrogen-bond acceptors (Lipinski definition) is 4. The van der Waals surface area contributed by atoms with Crippen LogP contribution in [0.15, 0.2) is 54.7 Å². The lowest BCUT2D eigenvalue weighted by Crippen LogP contribution is -2.56. The highest BCUT2D eigenvalue weighted by Crippen LogP contribution is 2.12. The fourth-order valence-corrected chi connectivity index (χ4v) is 3.37. The van der Waals surface area contributed by atoms with Crippen LogP contribution in [-0.4, -0.2) is 58.8 Å². The average molecular weight is 380 g/mol. The molecule has 1 saturated heterocycles. The van der Waals surface area contributed by atoms with E-state index in [1.54, 1.807) is 18.3 Å². The number of carbonyl (C=O) groups excluding carboxylic acids is 2. The Labute approximate surface area is 166 Å². The Morgan fingerprint density at radius 3 is 2.29 bits per heavy atom. The molecule has 1 fully saturated rings. The molecule has 0 unspecified atom stereocenters. The quantitative estimate of drug-likeness (QED) is 0.834. The van der Waals surface area contributed by atoms with Gasteiger partial charge in [-0.2, -0.15) is 0 Å². The minimum Gasteiger partial charge on any atom is -0.340 e. The number of hydrogen-bond donors (Lipinski definition) is 1. The molecule has 0 radical (unpaired) electrons. The first-order valence-electron chi connectivity index (χ1n) is 9.81. The molecule has 1 aromatic carbocycles. The normalized spacial score (nSPS) is 16.0. The van der Waals surface area contributed by atoms with E-state index in [1.807, 2.05) is 55.1 Å². The first-order valence-corrected chi connectivity index (χ1v) is 9.81. The van der Waals surface area contributed by atoms with Crippen LogP contribution in [0.3, 0.4) is 0 Å². The van der Waals surface area contributed by atoms with Gasteiger partial charge in [0.15, 0.2) is 0 Å². The van der Waals surface area contributed by atoms with Gasteiger partial charge in [0.25, 0.3) is 5.91 Å². The van der Waals surface area contributed by atoms with Crippen LogP contribution in [-0.2, 0) is 11.3 Å². The van der Waals surface area contributed by atoms with Crippen LogP contribution in [0.2, 0.25) is 0 Å². The molecule has 0 spiro atoms. The van der Waals surface area contributed by atoms with Crippen LogP contribution < -0.4 is 5.32 Å². The van der Waals surface area contributed by atoms with Crippen LogP contribution in [0.1, 0.15) is 29.9 Å². The third kappa shape index (κ3) is 5.16. The molecule has 1 aliphatic heterocycles. The number of carbonyl (C=O) groups is 2. The lowest BCUT2D eigenvalue weighted by atomic mass is 10.0. The molecule has 148 valence electrons. The largest absolute Gasteiger partial charge is 0.340 e. The minimum absolute atomic E-state index is 0.00299. The number of piperazine rings is 1. The first-order chi connectivity index (χ1) is 13.5. The summed E-state index contributed by atoms with van der Waals surface area (Å²) in [5, 5.41) is 2.93. The second-order valence-corrected chi connectivity index (χ2v) is 7.48. The maximum absolute atomic E-state index is 13.1. The standard InChI is InChI=1S/C22H28N4O2/c1-17(2)20(24-21(27)18-8-4-3-5-9-18)22(28)26-14-12-25(13-15-26)16-19-10-6-7-11-23-19/h3-11,17,20H,12-16H2,1-2H3,(H,24,27)/t20-/m0/s1. The summed E-state index contributed by atoms with van der Waals surface area (Å²) in [7, 11) is 0. The Bertz CT molecular complexity index is 772. The highest BCUT2D eigenvalue weighted by atomic mass is 16.2. The number of amides is 2. The zero-order chi connectivity index (χ0) is 19.9. The predicted octanol–water partition coefficient (Wildman–Crippen LogP) is 2.18. The fourth-order valence-electron chi connectivity index (χ4n) is 3.37. The van der Waals surface area contributed by atoms with Gasteiger partial charge in [-0.1, -0.05) is 38.1 Å². The van der Waals surface area contributed by atoms with Gasteiger partial charge in [0.05, 0.1) is 5.69 Å². The summed E-state index contributed by atoms with van der Waals surface area (Å²) >= 11 is 0. The van der Waals surface area contributed by atoms with Crippen molar-refractivity contribution < 1.29 is 9.59 Å². The highest BCUT2D eigenvalue weighted by Gasteiger charge is 2.30. The third-order valence-corrected chi connectivity index (χ3v) is 5.05. The molecule has 0 bridgehead atoms. The van der Waals surface area contributed by atoms with Gasteiger partial charge >= 0.3 is 0 Å². The predicted molar refractivity (Wildman–Crippen MR) is 109 cm³/mol. The summed E-state index contributed by atoms with van der Waals surface area (Å²) in [5.41, 5.74) is 1.61. The molecular weight excluding hydrogens is 352 g/mol. The second-order valence-electron chi connectivity index (χ2n) is 7.48. The first kappa shape index (κ1) is 20.0. The Morgan fingerprint density at radius 2 is 1.68 bits per heavy atom. The molecule has 3 rings (SSSR count).